The molecule has 0 saturated carbocycles. The summed E-state index contributed by atoms with van der Waals surface area (Å²) in [7, 11) is 0. The Kier molecular flexibility index (Phi) is 1.27. The van der Waals surface area contributed by atoms with Crippen LogP contribution in [0.5, 0.6) is 5.88 Å². The summed E-state index contributed by atoms with van der Waals surface area (Å²) in [6.45, 7) is 0.770. The van der Waals surface area contributed by atoms with Crippen molar-refractivity contribution >= 4 is 0 Å². The number of fused-ring (bicyclic) bond motifs is 1. The van der Waals surface area contributed by atoms with Crippen LogP contribution in [0.25, 0.3) is 0 Å². The summed E-state index contributed by atoms with van der Waals surface area (Å²) in [6, 6.07) is 1.83. The van der Waals surface area contributed by atoms with Crippen molar-refractivity contribution in [2.24, 2.45) is 0 Å². The van der Waals surface area contributed by atoms with Gasteiger partial charge in [-0.1, -0.05) is 0 Å². The molecule has 0 bridgehead atoms. The van der Waals surface area contributed by atoms with Crippen LogP contribution >= 0.6 is 0 Å². The van der Waals surface area contributed by atoms with Gasteiger partial charge in [0.25, 0.3) is 0 Å². The Bertz CT molecular complexity index is 212. The Hall–Kier alpha value is -1.12. The number of aryl methyl sites for hydroxylation is 1. The lowest BCUT2D eigenvalue weighted by Crippen LogP contribution is -2.10. The summed E-state index contributed by atoms with van der Waals surface area (Å²) >= 11 is 0. The Morgan fingerprint density at radius 1 is 1.60 bits per heavy atom. The third-order valence-corrected chi connectivity index (χ3v) is 1.54. The first-order valence-electron chi connectivity index (χ1n) is 3.32. The lowest BCUT2D eigenvalue weighted by Gasteiger charge is -2.13. The summed E-state index contributed by atoms with van der Waals surface area (Å²) < 4.78 is 5.23. The van der Waals surface area contributed by atoms with Crippen molar-refractivity contribution in [3.8, 4) is 5.88 Å². The molecule has 1 aromatic heterocycles. The third-order valence-electron chi connectivity index (χ3n) is 1.54. The molecule has 1 aliphatic heterocycles. The molecule has 2 heterocycles. The highest BCUT2D eigenvalue weighted by Crippen LogP contribution is 2.18. The number of hydrogen-bond acceptors (Lipinski definition) is 3. The van der Waals surface area contributed by atoms with Crippen LogP contribution in [0, 0.1) is 6.20 Å². The quantitative estimate of drug-likeness (QED) is 0.522. The minimum Gasteiger partial charge on any atom is -0.476 e. The molecule has 1 aliphatic rings. The van der Waals surface area contributed by atoms with Gasteiger partial charge in [-0.15, -0.1) is 10.2 Å². The molecule has 0 amide bonds. The van der Waals surface area contributed by atoms with Crippen LogP contribution in [-0.4, -0.2) is 16.8 Å². The van der Waals surface area contributed by atoms with Gasteiger partial charge in [0.15, 0.2) is 0 Å². The molecule has 3 heteroatoms. The molecule has 1 aromatic rings. The molecule has 51 valence electrons. The molecular weight excluding hydrogens is 128 g/mol. The minimum atomic E-state index is 0.685. The van der Waals surface area contributed by atoms with E-state index in [-0.39, 0.29) is 0 Å². The van der Waals surface area contributed by atoms with Gasteiger partial charge < -0.3 is 4.74 Å². The fourth-order valence-electron chi connectivity index (χ4n) is 1.04. The van der Waals surface area contributed by atoms with Gasteiger partial charge in [0.2, 0.25) is 5.88 Å². The van der Waals surface area contributed by atoms with E-state index in [2.05, 4.69) is 16.4 Å². The SMILES string of the molecule is [c]1cc2c(nn1)OCCC2. The lowest BCUT2D eigenvalue weighted by molar-refractivity contribution is 0.272. The van der Waals surface area contributed by atoms with Crippen molar-refractivity contribution in [2.45, 2.75) is 12.8 Å². The minimum absolute atomic E-state index is 0.685. The van der Waals surface area contributed by atoms with E-state index in [9.17, 15) is 0 Å². The molecule has 0 saturated heterocycles. The number of ether oxygens (including phenoxy) is 1. The zero-order valence-corrected chi connectivity index (χ0v) is 5.50. The molecule has 10 heavy (non-hydrogen) atoms. The van der Waals surface area contributed by atoms with Gasteiger partial charge in [0.1, 0.15) is 6.20 Å². The molecule has 1 radical (unpaired) electrons. The summed E-state index contributed by atoms with van der Waals surface area (Å²) in [4.78, 5) is 0. The number of hydrogen-bond donors (Lipinski definition) is 0. The second-order valence-corrected chi connectivity index (χ2v) is 2.26. The standard InChI is InChI=1S/C7H7N2O/c1-2-6-3-4-8-9-7(6)10-5-1/h3H,1-2,5H2. The first-order valence-corrected chi connectivity index (χ1v) is 3.32. The summed E-state index contributed by atoms with van der Waals surface area (Å²) in [6.07, 6.45) is 4.80. The van der Waals surface area contributed by atoms with Crippen molar-refractivity contribution in [1.29, 1.82) is 0 Å². The zero-order chi connectivity index (χ0) is 6.81. The van der Waals surface area contributed by atoms with Gasteiger partial charge in [0, 0.05) is 5.56 Å². The molecule has 0 unspecified atom stereocenters. The highest BCUT2D eigenvalue weighted by molar-refractivity contribution is 5.24. The van der Waals surface area contributed by atoms with E-state index < -0.39 is 0 Å². The van der Waals surface area contributed by atoms with Crippen LogP contribution in [0.3, 0.4) is 0 Å². The van der Waals surface area contributed by atoms with Crippen LogP contribution < -0.4 is 4.74 Å². The Labute approximate surface area is 59.0 Å². The summed E-state index contributed by atoms with van der Waals surface area (Å²) in [5.41, 5.74) is 1.13. The molecule has 3 nitrogen and oxygen atoms in total. The van der Waals surface area contributed by atoms with Crippen LogP contribution in [0.1, 0.15) is 12.0 Å². The van der Waals surface area contributed by atoms with Crippen molar-refractivity contribution in [1.82, 2.24) is 10.2 Å². The molecule has 2 rings (SSSR count). The van der Waals surface area contributed by atoms with Crippen LogP contribution in [-0.2, 0) is 6.42 Å². The highest BCUT2D eigenvalue weighted by atomic mass is 16.5. The molecule has 0 spiro atoms. The number of nitrogens with zero attached hydrogens (tertiary/aromatic N) is 2. The van der Waals surface area contributed by atoms with Gasteiger partial charge in [-0.3, -0.25) is 0 Å². The van der Waals surface area contributed by atoms with E-state index in [1.807, 2.05) is 6.07 Å². The fraction of sp³-hybridized carbons (Fsp3) is 0.429. The molecular formula is C7H7N2O. The molecule has 0 aromatic carbocycles. The average Bonchev–Trinajstić information content (AvgIpc) is 2.05. The monoisotopic (exact) mass is 135 g/mol. The number of aromatic nitrogens is 2. The Morgan fingerprint density at radius 3 is 3.50 bits per heavy atom. The smallest absolute Gasteiger partial charge is 0.236 e. The zero-order valence-electron chi connectivity index (χ0n) is 5.50. The molecule has 0 aliphatic carbocycles. The Morgan fingerprint density at radius 2 is 2.60 bits per heavy atom. The van der Waals surface area contributed by atoms with E-state index in [0.717, 1.165) is 25.0 Å². The molecule has 0 fully saturated rings. The van der Waals surface area contributed by atoms with Gasteiger partial charge >= 0.3 is 0 Å². The second-order valence-electron chi connectivity index (χ2n) is 2.26. The first-order chi connectivity index (χ1) is 4.97. The Balaban J connectivity index is 2.41. The first kappa shape index (κ1) is 5.65. The van der Waals surface area contributed by atoms with Crippen molar-refractivity contribution in [3.63, 3.8) is 0 Å². The van der Waals surface area contributed by atoms with Crippen molar-refractivity contribution in [2.75, 3.05) is 6.61 Å². The van der Waals surface area contributed by atoms with E-state index in [4.69, 9.17) is 4.74 Å². The maximum absolute atomic E-state index is 5.23. The lowest BCUT2D eigenvalue weighted by atomic mass is 10.1. The maximum atomic E-state index is 5.23. The average molecular weight is 135 g/mol. The van der Waals surface area contributed by atoms with Crippen LogP contribution in [0.15, 0.2) is 6.07 Å². The van der Waals surface area contributed by atoms with Gasteiger partial charge in [-0.2, -0.15) is 0 Å². The molecule has 0 N–H and O–H groups in total. The predicted octanol–water partition coefficient (Wildman–Crippen LogP) is 0.602. The van der Waals surface area contributed by atoms with Gasteiger partial charge in [-0.05, 0) is 18.9 Å². The van der Waals surface area contributed by atoms with Crippen molar-refractivity contribution < 1.29 is 4.74 Å². The molecule has 0 atom stereocenters. The summed E-state index contributed by atoms with van der Waals surface area (Å²) in [5.74, 6) is 0.685. The van der Waals surface area contributed by atoms with Crippen molar-refractivity contribution in [3.05, 3.63) is 17.8 Å². The second kappa shape index (κ2) is 2.25. The summed E-state index contributed by atoms with van der Waals surface area (Å²) in [5, 5.41) is 7.39. The van der Waals surface area contributed by atoms with E-state index in [0.29, 0.717) is 5.88 Å². The normalized spacial score (nSPS) is 15.6. The topological polar surface area (TPSA) is 35.0 Å². The van der Waals surface area contributed by atoms with E-state index in [1.54, 1.807) is 0 Å². The van der Waals surface area contributed by atoms with Gasteiger partial charge in [0.05, 0.1) is 6.61 Å². The number of rotatable bonds is 0. The van der Waals surface area contributed by atoms with Crippen LogP contribution in [0.2, 0.25) is 0 Å². The van der Waals surface area contributed by atoms with E-state index >= 15 is 0 Å². The van der Waals surface area contributed by atoms with Gasteiger partial charge in [-0.25, -0.2) is 0 Å². The van der Waals surface area contributed by atoms with E-state index in [1.165, 1.54) is 0 Å². The van der Waals surface area contributed by atoms with Crippen LogP contribution in [0.4, 0.5) is 0 Å². The highest BCUT2D eigenvalue weighted by Gasteiger charge is 2.09. The predicted molar refractivity (Wildman–Crippen MR) is 34.7 cm³/mol. The third kappa shape index (κ3) is 0.835. The fourth-order valence-corrected chi connectivity index (χ4v) is 1.04. The largest absolute Gasteiger partial charge is 0.476 e. The maximum Gasteiger partial charge on any atom is 0.236 e.